The standard InChI is InChI=1S/C27H40N2O3/c1-24(2,15-16-25(3,4)32)29-23(31)20-9-8-18-17-7-10-21-27(6,14-12-22(30)28-21)19(17)11-13-26(18,20)5/h12,14,17-21,32H,7-11,13H2,1-6H3,(H,28,30)(H,29,31)/t17-,18-,19+,20?,21?,26-,27+/m0/s1. The minimum atomic E-state index is -1.08. The quantitative estimate of drug-likeness (QED) is 0.575. The molecule has 5 heteroatoms. The summed E-state index contributed by atoms with van der Waals surface area (Å²) in [5, 5.41) is 16.3. The van der Waals surface area contributed by atoms with E-state index in [2.05, 4.69) is 42.4 Å². The minimum Gasteiger partial charge on any atom is -0.378 e. The van der Waals surface area contributed by atoms with Gasteiger partial charge in [-0.15, -0.1) is 0 Å². The Kier molecular flexibility index (Phi) is 5.56. The summed E-state index contributed by atoms with van der Waals surface area (Å²) in [6.45, 7) is 11.8. The van der Waals surface area contributed by atoms with E-state index in [9.17, 15) is 14.7 Å². The highest BCUT2D eigenvalue weighted by Crippen LogP contribution is 2.65. The molecular formula is C27H40N2O3. The average molecular weight is 441 g/mol. The summed E-state index contributed by atoms with van der Waals surface area (Å²) >= 11 is 0. The van der Waals surface area contributed by atoms with Crippen LogP contribution in [0.5, 0.6) is 0 Å². The van der Waals surface area contributed by atoms with Crippen LogP contribution in [-0.2, 0) is 9.59 Å². The fourth-order valence-electron chi connectivity index (χ4n) is 7.50. The number of nitrogens with one attached hydrogen (secondary N) is 2. The van der Waals surface area contributed by atoms with Gasteiger partial charge < -0.3 is 15.7 Å². The number of hydrogen-bond acceptors (Lipinski definition) is 3. The molecule has 0 aromatic rings. The van der Waals surface area contributed by atoms with Crippen LogP contribution in [0, 0.1) is 46.3 Å². The van der Waals surface area contributed by atoms with Crippen molar-refractivity contribution in [3.8, 4) is 11.8 Å². The van der Waals surface area contributed by atoms with Gasteiger partial charge in [0, 0.05) is 17.4 Å². The zero-order chi connectivity index (χ0) is 23.5. The fourth-order valence-corrected chi connectivity index (χ4v) is 7.50. The van der Waals surface area contributed by atoms with Gasteiger partial charge in [-0.1, -0.05) is 31.8 Å². The first-order chi connectivity index (χ1) is 14.8. The third kappa shape index (κ3) is 4.00. The number of hydrogen-bond donors (Lipinski definition) is 3. The van der Waals surface area contributed by atoms with Crippen LogP contribution in [0.2, 0.25) is 0 Å². The Labute approximate surface area is 193 Å². The number of fused-ring (bicyclic) bond motifs is 5. The van der Waals surface area contributed by atoms with Gasteiger partial charge in [-0.25, -0.2) is 0 Å². The smallest absolute Gasteiger partial charge is 0.243 e. The van der Waals surface area contributed by atoms with Crippen molar-refractivity contribution in [1.29, 1.82) is 0 Å². The predicted molar refractivity (Wildman–Crippen MR) is 125 cm³/mol. The first-order valence-corrected chi connectivity index (χ1v) is 12.3. The van der Waals surface area contributed by atoms with E-state index >= 15 is 0 Å². The molecule has 3 saturated carbocycles. The Bertz CT molecular complexity index is 889. The first kappa shape index (κ1) is 23.4. The molecule has 0 aromatic heterocycles. The van der Waals surface area contributed by atoms with Crippen LogP contribution >= 0.6 is 0 Å². The summed E-state index contributed by atoms with van der Waals surface area (Å²) < 4.78 is 0. The van der Waals surface area contributed by atoms with Gasteiger partial charge >= 0.3 is 0 Å². The van der Waals surface area contributed by atoms with Crippen LogP contribution < -0.4 is 10.6 Å². The molecule has 1 aliphatic heterocycles. The largest absolute Gasteiger partial charge is 0.378 e. The van der Waals surface area contributed by atoms with E-state index in [1.54, 1.807) is 19.9 Å². The minimum absolute atomic E-state index is 0.00351. The van der Waals surface area contributed by atoms with Gasteiger partial charge in [0.25, 0.3) is 0 Å². The van der Waals surface area contributed by atoms with Gasteiger partial charge in [-0.3, -0.25) is 9.59 Å². The normalized spacial score (nSPS) is 40.8. The second-order valence-corrected chi connectivity index (χ2v) is 12.3. The summed E-state index contributed by atoms with van der Waals surface area (Å²) in [5.74, 6) is 7.76. The molecule has 32 heavy (non-hydrogen) atoms. The van der Waals surface area contributed by atoms with Gasteiger partial charge in [0.15, 0.2) is 0 Å². The molecule has 2 unspecified atom stereocenters. The third-order valence-electron chi connectivity index (χ3n) is 9.12. The maximum atomic E-state index is 13.4. The Balaban J connectivity index is 1.52. The number of amides is 2. The van der Waals surface area contributed by atoms with Crippen molar-refractivity contribution in [2.75, 3.05) is 0 Å². The van der Waals surface area contributed by atoms with Crippen LogP contribution in [0.15, 0.2) is 12.2 Å². The third-order valence-corrected chi connectivity index (χ3v) is 9.12. The van der Waals surface area contributed by atoms with Crippen molar-refractivity contribution in [2.45, 2.75) is 97.2 Å². The molecule has 0 bridgehead atoms. The molecule has 176 valence electrons. The number of aliphatic hydroxyl groups is 1. The molecule has 1 heterocycles. The Morgan fingerprint density at radius 2 is 1.81 bits per heavy atom. The molecule has 3 N–H and O–H groups in total. The number of carbonyl (C=O) groups excluding carboxylic acids is 2. The van der Waals surface area contributed by atoms with Crippen LogP contribution in [0.1, 0.15) is 80.1 Å². The van der Waals surface area contributed by atoms with Gasteiger partial charge in [0.05, 0.1) is 5.54 Å². The van der Waals surface area contributed by atoms with E-state index in [0.717, 1.165) is 38.5 Å². The molecule has 2 amide bonds. The topological polar surface area (TPSA) is 78.4 Å². The van der Waals surface area contributed by atoms with E-state index in [1.165, 1.54) is 0 Å². The van der Waals surface area contributed by atoms with Crippen molar-refractivity contribution in [2.24, 2.45) is 34.5 Å². The van der Waals surface area contributed by atoms with Gasteiger partial charge in [-0.2, -0.15) is 0 Å². The van der Waals surface area contributed by atoms with Crippen LogP contribution in [0.3, 0.4) is 0 Å². The molecule has 0 radical (unpaired) electrons. The molecule has 3 fully saturated rings. The van der Waals surface area contributed by atoms with Crippen molar-refractivity contribution < 1.29 is 14.7 Å². The lowest BCUT2D eigenvalue weighted by atomic mass is 9.48. The monoisotopic (exact) mass is 440 g/mol. The second kappa shape index (κ2) is 7.62. The lowest BCUT2D eigenvalue weighted by Crippen LogP contribution is -2.59. The summed E-state index contributed by atoms with van der Waals surface area (Å²) in [4.78, 5) is 25.4. The second-order valence-electron chi connectivity index (χ2n) is 12.3. The lowest BCUT2D eigenvalue weighted by Gasteiger charge is -2.58. The zero-order valence-electron chi connectivity index (χ0n) is 20.5. The summed E-state index contributed by atoms with van der Waals surface area (Å²) in [6, 6.07) is 0.237. The maximum absolute atomic E-state index is 13.4. The summed E-state index contributed by atoms with van der Waals surface area (Å²) in [5.41, 5.74) is -1.73. The molecule has 4 aliphatic rings. The molecule has 0 aromatic carbocycles. The molecule has 0 saturated heterocycles. The predicted octanol–water partition coefficient (Wildman–Crippen LogP) is 3.57. The first-order valence-electron chi connectivity index (χ1n) is 12.3. The van der Waals surface area contributed by atoms with E-state index in [4.69, 9.17) is 0 Å². The van der Waals surface area contributed by atoms with Crippen molar-refractivity contribution in [1.82, 2.24) is 10.6 Å². The molecule has 0 spiro atoms. The Hall–Kier alpha value is -1.80. The Morgan fingerprint density at radius 3 is 2.50 bits per heavy atom. The van der Waals surface area contributed by atoms with Gasteiger partial charge in [0.2, 0.25) is 11.8 Å². The SMILES string of the molecule is CC(C)(O)C#CC(C)(C)NC(=O)C1CC[C@H]2[C@@H]3CCC4NC(=O)C=C[C@]4(C)[C@@H]3CC[C@]12C. The van der Waals surface area contributed by atoms with E-state index in [0.29, 0.717) is 17.8 Å². The Morgan fingerprint density at radius 1 is 1.09 bits per heavy atom. The highest BCUT2D eigenvalue weighted by Gasteiger charge is 2.61. The molecular weight excluding hydrogens is 400 g/mol. The van der Waals surface area contributed by atoms with Crippen LogP contribution in [-0.4, -0.2) is 34.1 Å². The fraction of sp³-hybridized carbons (Fsp3) is 0.778. The highest BCUT2D eigenvalue weighted by molar-refractivity contribution is 5.89. The number of carbonyl (C=O) groups is 2. The summed E-state index contributed by atoms with van der Waals surface area (Å²) in [6.07, 6.45) is 10.3. The maximum Gasteiger partial charge on any atom is 0.243 e. The van der Waals surface area contributed by atoms with Crippen LogP contribution in [0.4, 0.5) is 0 Å². The van der Waals surface area contributed by atoms with Crippen molar-refractivity contribution in [3.05, 3.63) is 12.2 Å². The molecule has 4 rings (SSSR count). The average Bonchev–Trinajstić information content (AvgIpc) is 3.04. The van der Waals surface area contributed by atoms with Crippen LogP contribution in [0.25, 0.3) is 0 Å². The van der Waals surface area contributed by atoms with E-state index in [1.807, 2.05) is 13.8 Å². The highest BCUT2D eigenvalue weighted by atomic mass is 16.3. The lowest BCUT2D eigenvalue weighted by molar-refractivity contribution is -0.135. The van der Waals surface area contributed by atoms with Gasteiger partial charge in [0.1, 0.15) is 5.60 Å². The van der Waals surface area contributed by atoms with Crippen molar-refractivity contribution >= 4 is 11.8 Å². The van der Waals surface area contributed by atoms with E-state index < -0.39 is 11.1 Å². The summed E-state index contributed by atoms with van der Waals surface area (Å²) in [7, 11) is 0. The zero-order valence-corrected chi connectivity index (χ0v) is 20.5. The molecule has 7 atom stereocenters. The number of rotatable bonds is 2. The van der Waals surface area contributed by atoms with Gasteiger partial charge in [-0.05, 0) is 95.5 Å². The molecule has 3 aliphatic carbocycles. The van der Waals surface area contributed by atoms with Crippen molar-refractivity contribution in [3.63, 3.8) is 0 Å². The molecule has 5 nitrogen and oxygen atoms in total. The van der Waals surface area contributed by atoms with E-state index in [-0.39, 0.29) is 34.6 Å².